The van der Waals surface area contributed by atoms with Crippen LogP contribution in [-0.4, -0.2) is 24.8 Å². The molecular formula is C16H24N2O2. The van der Waals surface area contributed by atoms with E-state index in [1.165, 1.54) is 0 Å². The Morgan fingerprint density at radius 1 is 1.40 bits per heavy atom. The lowest BCUT2D eigenvalue weighted by Gasteiger charge is -2.27. The van der Waals surface area contributed by atoms with E-state index in [2.05, 4.69) is 6.07 Å². The molecule has 1 aromatic carbocycles. The maximum Gasteiger partial charge on any atom is 0.414 e. The summed E-state index contributed by atoms with van der Waals surface area (Å²) < 4.78 is 5.51. The normalized spacial score (nSPS) is 19.2. The van der Waals surface area contributed by atoms with E-state index in [1.807, 2.05) is 39.0 Å². The molecule has 0 bridgehead atoms. The molecule has 1 aromatic rings. The van der Waals surface area contributed by atoms with E-state index in [0.717, 1.165) is 24.1 Å². The maximum absolute atomic E-state index is 12.4. The molecule has 20 heavy (non-hydrogen) atoms. The van der Waals surface area contributed by atoms with Crippen LogP contribution in [0.4, 0.5) is 10.5 Å². The number of fused-ring (bicyclic) bond motifs is 1. The third kappa shape index (κ3) is 3.31. The second-order valence-corrected chi connectivity index (χ2v) is 6.27. The Kier molecular flexibility index (Phi) is 4.33. The SMILES string of the molecule is CC(C)(C)OC(=O)N1CCCC(CN)c2ccccc21. The highest BCUT2D eigenvalue weighted by atomic mass is 16.6. The number of ether oxygens (including phenoxy) is 1. The van der Waals surface area contributed by atoms with Crippen molar-refractivity contribution in [2.75, 3.05) is 18.0 Å². The number of benzene rings is 1. The van der Waals surface area contributed by atoms with Gasteiger partial charge in [-0.1, -0.05) is 18.2 Å². The molecule has 2 rings (SSSR count). The summed E-state index contributed by atoms with van der Waals surface area (Å²) in [6.45, 7) is 6.95. The van der Waals surface area contributed by atoms with E-state index in [0.29, 0.717) is 19.0 Å². The van der Waals surface area contributed by atoms with Crippen molar-refractivity contribution in [3.63, 3.8) is 0 Å². The van der Waals surface area contributed by atoms with E-state index in [-0.39, 0.29) is 6.09 Å². The minimum Gasteiger partial charge on any atom is -0.443 e. The molecule has 2 N–H and O–H groups in total. The Hall–Kier alpha value is -1.55. The number of carbonyl (C=O) groups is 1. The van der Waals surface area contributed by atoms with Crippen LogP contribution < -0.4 is 10.6 Å². The first-order chi connectivity index (χ1) is 9.42. The number of rotatable bonds is 1. The monoisotopic (exact) mass is 276 g/mol. The fourth-order valence-corrected chi connectivity index (χ4v) is 2.60. The van der Waals surface area contributed by atoms with Crippen LogP contribution in [0.15, 0.2) is 24.3 Å². The molecule has 1 amide bonds. The van der Waals surface area contributed by atoms with Crippen LogP contribution in [0.1, 0.15) is 45.1 Å². The predicted molar refractivity (Wildman–Crippen MR) is 81.1 cm³/mol. The molecule has 1 atom stereocenters. The molecule has 0 spiro atoms. The molecule has 0 radical (unpaired) electrons. The molecule has 0 aliphatic carbocycles. The number of hydrogen-bond donors (Lipinski definition) is 1. The van der Waals surface area contributed by atoms with Crippen LogP contribution in [0.5, 0.6) is 0 Å². The molecule has 1 heterocycles. The maximum atomic E-state index is 12.4. The molecule has 1 aliphatic rings. The zero-order valence-corrected chi connectivity index (χ0v) is 12.6. The van der Waals surface area contributed by atoms with Gasteiger partial charge in [-0.2, -0.15) is 0 Å². The zero-order valence-electron chi connectivity index (χ0n) is 12.6. The first-order valence-corrected chi connectivity index (χ1v) is 7.22. The third-order valence-corrected chi connectivity index (χ3v) is 3.50. The molecule has 110 valence electrons. The first kappa shape index (κ1) is 14.9. The number of carbonyl (C=O) groups excluding carboxylic acids is 1. The van der Waals surface area contributed by atoms with Gasteiger partial charge in [-0.05, 0) is 57.7 Å². The first-order valence-electron chi connectivity index (χ1n) is 7.22. The highest BCUT2D eigenvalue weighted by molar-refractivity contribution is 5.89. The Balaban J connectivity index is 2.32. The van der Waals surface area contributed by atoms with Crippen LogP contribution in [0.25, 0.3) is 0 Å². The van der Waals surface area contributed by atoms with Crippen LogP contribution >= 0.6 is 0 Å². The van der Waals surface area contributed by atoms with Gasteiger partial charge in [0.15, 0.2) is 0 Å². The number of anilines is 1. The highest BCUT2D eigenvalue weighted by Gasteiger charge is 2.28. The van der Waals surface area contributed by atoms with Crippen molar-refractivity contribution in [3.8, 4) is 0 Å². The van der Waals surface area contributed by atoms with E-state index in [9.17, 15) is 4.79 Å². The molecule has 1 unspecified atom stereocenters. The largest absolute Gasteiger partial charge is 0.443 e. The quantitative estimate of drug-likeness (QED) is 0.856. The Labute approximate surface area is 120 Å². The van der Waals surface area contributed by atoms with Crippen LogP contribution in [0.3, 0.4) is 0 Å². The fourth-order valence-electron chi connectivity index (χ4n) is 2.60. The average Bonchev–Trinajstić information content (AvgIpc) is 2.55. The van der Waals surface area contributed by atoms with Crippen molar-refractivity contribution in [3.05, 3.63) is 29.8 Å². The summed E-state index contributed by atoms with van der Waals surface area (Å²) in [5.41, 5.74) is 7.49. The fraction of sp³-hybridized carbons (Fsp3) is 0.562. The van der Waals surface area contributed by atoms with Crippen LogP contribution in [0.2, 0.25) is 0 Å². The predicted octanol–water partition coefficient (Wildman–Crippen LogP) is 3.26. The van der Waals surface area contributed by atoms with E-state index < -0.39 is 5.60 Å². The van der Waals surface area contributed by atoms with Crippen molar-refractivity contribution >= 4 is 11.8 Å². The zero-order chi connectivity index (χ0) is 14.8. The van der Waals surface area contributed by atoms with Crippen molar-refractivity contribution in [1.29, 1.82) is 0 Å². The summed E-state index contributed by atoms with van der Waals surface area (Å²) in [7, 11) is 0. The highest BCUT2D eigenvalue weighted by Crippen LogP contribution is 2.34. The van der Waals surface area contributed by atoms with Crippen molar-refractivity contribution in [2.45, 2.75) is 45.1 Å². The van der Waals surface area contributed by atoms with Gasteiger partial charge in [-0.25, -0.2) is 4.79 Å². The van der Waals surface area contributed by atoms with Crippen molar-refractivity contribution in [1.82, 2.24) is 0 Å². The minimum atomic E-state index is -0.481. The number of hydrogen-bond acceptors (Lipinski definition) is 3. The summed E-state index contributed by atoms with van der Waals surface area (Å²) >= 11 is 0. The molecule has 0 fully saturated rings. The van der Waals surface area contributed by atoms with Gasteiger partial charge in [0.05, 0.1) is 5.69 Å². The van der Waals surface area contributed by atoms with E-state index in [1.54, 1.807) is 4.90 Å². The Morgan fingerprint density at radius 3 is 2.75 bits per heavy atom. The van der Waals surface area contributed by atoms with Gasteiger partial charge in [0.25, 0.3) is 0 Å². The Morgan fingerprint density at radius 2 is 2.10 bits per heavy atom. The van der Waals surface area contributed by atoms with Gasteiger partial charge in [0.2, 0.25) is 0 Å². The molecule has 0 aromatic heterocycles. The summed E-state index contributed by atoms with van der Waals surface area (Å²) in [6, 6.07) is 8.00. The summed E-state index contributed by atoms with van der Waals surface area (Å²) in [5.74, 6) is 0.318. The standard InChI is InChI=1S/C16H24N2O2/c1-16(2,3)20-15(19)18-10-6-7-12(11-17)13-8-4-5-9-14(13)18/h4-5,8-9,12H,6-7,10-11,17H2,1-3H3. The van der Waals surface area contributed by atoms with E-state index in [4.69, 9.17) is 10.5 Å². The van der Waals surface area contributed by atoms with Crippen molar-refractivity contribution in [2.24, 2.45) is 5.73 Å². The third-order valence-electron chi connectivity index (χ3n) is 3.50. The summed E-state index contributed by atoms with van der Waals surface area (Å²) in [4.78, 5) is 14.1. The molecular weight excluding hydrogens is 252 g/mol. The molecule has 0 saturated heterocycles. The molecule has 4 nitrogen and oxygen atoms in total. The van der Waals surface area contributed by atoms with Crippen LogP contribution in [0, 0.1) is 0 Å². The van der Waals surface area contributed by atoms with Gasteiger partial charge in [0, 0.05) is 6.54 Å². The smallest absolute Gasteiger partial charge is 0.414 e. The summed E-state index contributed by atoms with van der Waals surface area (Å²) in [5, 5.41) is 0. The minimum absolute atomic E-state index is 0.275. The molecule has 0 saturated carbocycles. The average molecular weight is 276 g/mol. The second kappa shape index (κ2) is 5.83. The van der Waals surface area contributed by atoms with E-state index >= 15 is 0 Å². The lowest BCUT2D eigenvalue weighted by atomic mass is 9.94. The summed E-state index contributed by atoms with van der Waals surface area (Å²) in [6.07, 6.45) is 1.67. The van der Waals surface area contributed by atoms with Gasteiger partial charge in [0.1, 0.15) is 5.60 Å². The number of amides is 1. The Bertz CT molecular complexity index is 480. The van der Waals surface area contributed by atoms with Gasteiger partial charge in [-0.3, -0.25) is 4.90 Å². The van der Waals surface area contributed by atoms with Crippen molar-refractivity contribution < 1.29 is 9.53 Å². The topological polar surface area (TPSA) is 55.6 Å². The second-order valence-electron chi connectivity index (χ2n) is 6.27. The van der Waals surface area contributed by atoms with Gasteiger partial charge >= 0.3 is 6.09 Å². The lowest BCUT2D eigenvalue weighted by molar-refractivity contribution is 0.0580. The number of nitrogens with zero attached hydrogens (tertiary/aromatic N) is 1. The number of para-hydroxylation sites is 1. The van der Waals surface area contributed by atoms with Gasteiger partial charge < -0.3 is 10.5 Å². The number of nitrogens with two attached hydrogens (primary N) is 1. The lowest BCUT2D eigenvalue weighted by Crippen LogP contribution is -2.37. The molecule has 4 heteroatoms. The molecule has 1 aliphatic heterocycles. The van der Waals surface area contributed by atoms with Crippen LogP contribution in [-0.2, 0) is 4.74 Å². The van der Waals surface area contributed by atoms with Gasteiger partial charge in [-0.15, -0.1) is 0 Å².